The molecule has 0 atom stereocenters. The van der Waals surface area contributed by atoms with E-state index in [4.69, 9.17) is 19.1 Å². The molecule has 6 rings (SSSR count). The fourth-order valence-corrected chi connectivity index (χ4v) is 7.57. The minimum absolute atomic E-state index is 0.0872. The number of aromatic nitrogens is 4. The van der Waals surface area contributed by atoms with E-state index in [9.17, 15) is 25.3 Å². The molecular weight excluding hydrogens is 703 g/mol. The van der Waals surface area contributed by atoms with E-state index in [1.54, 1.807) is 30.3 Å². The first-order valence-electron chi connectivity index (χ1n) is 15.1. The molecule has 2 aromatic heterocycles. The molecule has 260 valence electrons. The lowest BCUT2D eigenvalue weighted by atomic mass is 9.99. The summed E-state index contributed by atoms with van der Waals surface area (Å²) in [5.74, 6) is -1.38. The van der Waals surface area contributed by atoms with Crippen LogP contribution >= 0.6 is 0 Å². The first-order valence-corrected chi connectivity index (χ1v) is 20.3. The van der Waals surface area contributed by atoms with Gasteiger partial charge in [-0.3, -0.25) is 0 Å². The second-order valence-corrected chi connectivity index (χ2v) is 17.4. The summed E-state index contributed by atoms with van der Waals surface area (Å²) in [5, 5.41) is -0.974. The summed E-state index contributed by atoms with van der Waals surface area (Å²) < 4.78 is 89.3. The second kappa shape index (κ2) is 12.6. The molecule has 4 aromatic carbocycles. The van der Waals surface area contributed by atoms with Gasteiger partial charge in [-0.25, -0.2) is 22.4 Å². The smallest absolute Gasteiger partial charge is 0.306 e. The van der Waals surface area contributed by atoms with Gasteiger partial charge in [-0.2, -0.15) is 16.8 Å². The molecule has 3 N–H and O–H groups in total. The number of aryl methyl sites for hydroxylation is 1. The molecule has 0 saturated carbocycles. The molecule has 0 saturated heterocycles. The Morgan fingerprint density at radius 2 is 1.30 bits per heavy atom. The van der Waals surface area contributed by atoms with Gasteiger partial charge in [-0.15, -0.1) is 0 Å². The predicted octanol–water partition coefficient (Wildman–Crippen LogP) is 5.58. The summed E-state index contributed by atoms with van der Waals surface area (Å²) >= 11 is 0. The van der Waals surface area contributed by atoms with Gasteiger partial charge in [-0.05, 0) is 43.5 Å². The molecule has 0 aliphatic rings. The van der Waals surface area contributed by atoms with Crippen LogP contribution in [0.5, 0.6) is 11.5 Å². The highest BCUT2D eigenvalue weighted by atomic mass is 32.2. The first kappa shape index (κ1) is 34.7. The van der Waals surface area contributed by atoms with E-state index >= 15 is 0 Å². The number of nitrogen functional groups attached to an aromatic ring is 1. The lowest BCUT2D eigenvalue weighted by molar-refractivity contribution is 0.458. The van der Waals surface area contributed by atoms with Crippen LogP contribution in [0, 0.1) is 6.92 Å². The predicted molar refractivity (Wildman–Crippen MR) is 193 cm³/mol. The fourth-order valence-electron chi connectivity index (χ4n) is 5.50. The summed E-state index contributed by atoms with van der Waals surface area (Å²) in [4.78, 5) is 12.3. The van der Waals surface area contributed by atoms with Crippen LogP contribution < -0.4 is 14.1 Å². The minimum atomic E-state index is -4.37. The zero-order valence-corrected chi connectivity index (χ0v) is 30.0. The van der Waals surface area contributed by atoms with E-state index in [-0.39, 0.29) is 22.3 Å². The van der Waals surface area contributed by atoms with Gasteiger partial charge in [0.2, 0.25) is 21.7 Å². The molecule has 0 fully saturated rings. The summed E-state index contributed by atoms with van der Waals surface area (Å²) in [6, 6.07) is 25.8. The Labute approximate surface area is 290 Å². The molecule has 0 spiro atoms. The lowest BCUT2D eigenvalue weighted by Crippen LogP contribution is -2.23. The van der Waals surface area contributed by atoms with Crippen molar-refractivity contribution in [2.24, 2.45) is 0 Å². The van der Waals surface area contributed by atoms with Crippen molar-refractivity contribution in [2.75, 3.05) is 18.2 Å². The molecule has 2 heterocycles. The Balaban J connectivity index is 1.69. The van der Waals surface area contributed by atoms with Crippen molar-refractivity contribution in [2.45, 2.75) is 26.0 Å². The van der Waals surface area contributed by atoms with E-state index in [1.165, 1.54) is 19.9 Å². The topological polar surface area (TPSA) is 193 Å². The molecule has 50 heavy (non-hydrogen) atoms. The summed E-state index contributed by atoms with van der Waals surface area (Å²) in [7, 11) is -12.9. The Hall–Kier alpha value is -5.19. The average molecular weight is 736 g/mol. The van der Waals surface area contributed by atoms with Gasteiger partial charge in [0.1, 0.15) is 11.3 Å². The number of anilines is 1. The lowest BCUT2D eigenvalue weighted by Gasteiger charge is -2.16. The Kier molecular flexibility index (Phi) is 8.74. The van der Waals surface area contributed by atoms with E-state index in [0.717, 1.165) is 33.2 Å². The molecule has 0 aliphatic heterocycles. The number of aromatic amines is 1. The molecule has 13 nitrogen and oxygen atoms in total. The van der Waals surface area contributed by atoms with Crippen LogP contribution in [0.25, 0.3) is 56.1 Å². The van der Waals surface area contributed by atoms with Crippen LogP contribution in [0.3, 0.4) is 0 Å². The van der Waals surface area contributed by atoms with Crippen LogP contribution in [0.4, 0.5) is 5.95 Å². The van der Waals surface area contributed by atoms with E-state index in [1.807, 2.05) is 55.5 Å². The Bertz CT molecular complexity index is 2600. The van der Waals surface area contributed by atoms with E-state index < -0.39 is 53.0 Å². The largest absolute Gasteiger partial charge is 0.378 e. The Morgan fingerprint density at radius 1 is 0.720 bits per heavy atom. The summed E-state index contributed by atoms with van der Waals surface area (Å²) in [5.41, 5.74) is 10.4. The fraction of sp³-hybridized carbons (Fsp3) is 0.176. The first-order chi connectivity index (χ1) is 23.4. The maximum Gasteiger partial charge on any atom is 0.306 e. The molecule has 0 radical (unpaired) electrons. The maximum absolute atomic E-state index is 13.6. The number of hydrogen-bond donors (Lipinski definition) is 2. The normalized spacial score (nSPS) is 12.4. The molecule has 16 heteroatoms. The van der Waals surface area contributed by atoms with Gasteiger partial charge < -0.3 is 19.1 Å². The van der Waals surface area contributed by atoms with E-state index in [0.29, 0.717) is 22.6 Å². The van der Waals surface area contributed by atoms with Gasteiger partial charge in [-0.1, -0.05) is 78.9 Å². The van der Waals surface area contributed by atoms with Crippen LogP contribution in [-0.2, 0) is 30.3 Å². The monoisotopic (exact) mass is 735 g/mol. The number of nitrogens with two attached hydrogens (primary N) is 1. The van der Waals surface area contributed by atoms with Crippen molar-refractivity contribution < 1.29 is 33.6 Å². The number of rotatable bonds is 10. The van der Waals surface area contributed by atoms with Crippen molar-refractivity contribution in [3.05, 3.63) is 90.5 Å². The van der Waals surface area contributed by atoms with Crippen molar-refractivity contribution in [1.82, 2.24) is 18.9 Å². The van der Waals surface area contributed by atoms with Crippen LogP contribution in [-0.4, -0.2) is 61.9 Å². The van der Waals surface area contributed by atoms with Gasteiger partial charge >= 0.3 is 20.2 Å². The maximum atomic E-state index is 13.6. The van der Waals surface area contributed by atoms with Crippen molar-refractivity contribution in [3.8, 4) is 56.5 Å². The Morgan fingerprint density at radius 3 is 1.90 bits per heavy atom. The van der Waals surface area contributed by atoms with Crippen LogP contribution in [0.1, 0.15) is 19.4 Å². The number of benzene rings is 4. The quantitative estimate of drug-likeness (QED) is 0.167. The molecule has 0 amide bonds. The number of hydrogen-bond acceptors (Lipinski definition) is 11. The van der Waals surface area contributed by atoms with Crippen molar-refractivity contribution >= 4 is 47.2 Å². The number of imidazole rings is 2. The zero-order valence-electron chi connectivity index (χ0n) is 27.6. The number of fused-ring (bicyclic) bond motifs is 1. The number of nitrogens with zero attached hydrogens (tertiary/aromatic N) is 3. The molecule has 0 aliphatic carbocycles. The minimum Gasteiger partial charge on any atom is -0.378 e. The van der Waals surface area contributed by atoms with Gasteiger partial charge in [0.05, 0.1) is 40.2 Å². The van der Waals surface area contributed by atoms with Gasteiger partial charge in [0.15, 0.2) is 5.75 Å². The summed E-state index contributed by atoms with van der Waals surface area (Å²) in [6.45, 7) is 4.90. The molecule has 0 bridgehead atoms. The van der Waals surface area contributed by atoms with E-state index in [2.05, 4.69) is 9.97 Å². The highest BCUT2D eigenvalue weighted by molar-refractivity contribution is 7.90. The average Bonchev–Trinajstić information content (AvgIpc) is 3.63. The third kappa shape index (κ3) is 6.68. The molecular formula is C34H33N5O8S3. The highest BCUT2D eigenvalue weighted by Gasteiger charge is 2.33. The second-order valence-electron chi connectivity index (χ2n) is 11.9. The van der Waals surface area contributed by atoms with Crippen LogP contribution in [0.15, 0.2) is 84.9 Å². The zero-order chi connectivity index (χ0) is 36.2. The van der Waals surface area contributed by atoms with Gasteiger partial charge in [0.25, 0.3) is 0 Å². The molecule has 6 aromatic rings. The highest BCUT2D eigenvalue weighted by Crippen LogP contribution is 2.48. The number of nitrogens with one attached hydrogen (secondary N) is 1. The summed E-state index contributed by atoms with van der Waals surface area (Å²) in [6.07, 6.45) is 1.51. The standard InChI is InChI=1S/C34H33N5O8S3/c1-20(2)50(44,45)39-27-19-26(31(46-48(4,40)41)32(47-49(5,42)43)30(27)38-34(39)35)29-28(23-12-7-6-8-13-23)36-33(37-29)24-17-15-22(16-18-24)25-14-10-9-11-21(25)3/h6-20H,1-5H3,(H2,35,38)(H,36,37). The third-order valence-corrected chi connectivity index (χ3v) is 10.8. The SMILES string of the molecule is Cc1ccccc1-c1ccc(-c2nc(-c3ccccc3)c(-c3cc4c(nc(N)n4S(=O)(=O)C(C)C)c(OS(C)(=O)=O)c3OS(C)(=O)=O)[nH]2)cc1. The number of H-pyrrole nitrogens is 1. The third-order valence-electron chi connectivity index (χ3n) is 7.80. The molecule has 0 unspecified atom stereocenters. The van der Waals surface area contributed by atoms with Crippen molar-refractivity contribution in [1.29, 1.82) is 0 Å². The van der Waals surface area contributed by atoms with Crippen molar-refractivity contribution in [3.63, 3.8) is 0 Å². The van der Waals surface area contributed by atoms with Gasteiger partial charge in [0, 0.05) is 11.1 Å². The van der Waals surface area contributed by atoms with Crippen LogP contribution in [0.2, 0.25) is 0 Å².